The molecular formula is C22H32N6O. The van der Waals surface area contributed by atoms with Crippen LogP contribution >= 0.6 is 0 Å². The van der Waals surface area contributed by atoms with Gasteiger partial charge in [0.15, 0.2) is 5.82 Å². The molecule has 1 amide bonds. The van der Waals surface area contributed by atoms with Gasteiger partial charge in [-0.05, 0) is 74.1 Å². The van der Waals surface area contributed by atoms with Crippen LogP contribution in [0.3, 0.4) is 0 Å². The second-order valence-electron chi connectivity index (χ2n) is 8.58. The van der Waals surface area contributed by atoms with Crippen LogP contribution in [0.2, 0.25) is 0 Å². The van der Waals surface area contributed by atoms with Crippen LogP contribution in [-0.4, -0.2) is 69.1 Å². The van der Waals surface area contributed by atoms with Crippen LogP contribution in [-0.2, 0) is 17.8 Å². The number of aryl methyl sites for hydroxylation is 1. The molecule has 29 heavy (non-hydrogen) atoms. The fourth-order valence-electron chi connectivity index (χ4n) is 4.57. The van der Waals surface area contributed by atoms with E-state index in [-0.39, 0.29) is 11.8 Å². The molecular weight excluding hydrogens is 364 g/mol. The first-order valence-corrected chi connectivity index (χ1v) is 11.0. The Morgan fingerprint density at radius 1 is 1.10 bits per heavy atom. The molecule has 1 unspecified atom stereocenters. The molecule has 0 spiro atoms. The molecule has 1 aromatic carbocycles. The molecule has 7 nitrogen and oxygen atoms in total. The van der Waals surface area contributed by atoms with Gasteiger partial charge in [-0.1, -0.05) is 36.8 Å². The summed E-state index contributed by atoms with van der Waals surface area (Å²) in [5, 5.41) is 12.2. The highest BCUT2D eigenvalue weighted by Gasteiger charge is 2.33. The van der Waals surface area contributed by atoms with Crippen LogP contribution in [0.15, 0.2) is 30.3 Å². The number of piperidine rings is 1. The van der Waals surface area contributed by atoms with Gasteiger partial charge in [-0.15, -0.1) is 5.10 Å². The number of nitrogens with zero attached hydrogens (tertiary/aromatic N) is 6. The molecule has 2 aromatic rings. The molecule has 0 N–H and O–H groups in total. The Bertz CT molecular complexity index is 784. The van der Waals surface area contributed by atoms with Crippen LogP contribution in [0, 0.1) is 5.92 Å². The summed E-state index contributed by atoms with van der Waals surface area (Å²) in [6, 6.07) is 10.5. The maximum absolute atomic E-state index is 13.7. The smallest absolute Gasteiger partial charge is 0.233 e. The highest BCUT2D eigenvalue weighted by Crippen LogP contribution is 2.27. The van der Waals surface area contributed by atoms with E-state index >= 15 is 0 Å². The Hall–Kier alpha value is -2.28. The second kappa shape index (κ2) is 9.48. The number of carbonyl (C=O) groups excluding carboxylic acids is 1. The zero-order valence-corrected chi connectivity index (χ0v) is 17.4. The average molecular weight is 397 g/mol. The Kier molecular flexibility index (Phi) is 6.54. The fraction of sp³-hybridized carbons (Fsp3) is 0.636. The third-order valence-corrected chi connectivity index (χ3v) is 6.42. The van der Waals surface area contributed by atoms with Crippen LogP contribution in [0.4, 0.5) is 0 Å². The van der Waals surface area contributed by atoms with Gasteiger partial charge in [-0.3, -0.25) is 4.79 Å². The predicted molar refractivity (Wildman–Crippen MR) is 111 cm³/mol. The van der Waals surface area contributed by atoms with E-state index in [1.165, 1.54) is 5.56 Å². The Morgan fingerprint density at radius 3 is 2.69 bits per heavy atom. The summed E-state index contributed by atoms with van der Waals surface area (Å²) >= 11 is 0. The third kappa shape index (κ3) is 5.01. The van der Waals surface area contributed by atoms with Crippen molar-refractivity contribution in [2.75, 3.05) is 33.2 Å². The summed E-state index contributed by atoms with van der Waals surface area (Å²) in [4.78, 5) is 18.2. The largest absolute Gasteiger partial charge is 0.341 e. The normalized spacial score (nSPS) is 20.8. The molecule has 2 aliphatic rings. The summed E-state index contributed by atoms with van der Waals surface area (Å²) in [5.41, 5.74) is 1.28. The molecule has 0 aliphatic carbocycles. The van der Waals surface area contributed by atoms with E-state index in [4.69, 9.17) is 0 Å². The number of tetrazole rings is 1. The monoisotopic (exact) mass is 396 g/mol. The van der Waals surface area contributed by atoms with Crippen LogP contribution in [0.1, 0.15) is 49.4 Å². The molecule has 0 saturated carbocycles. The Labute approximate surface area is 173 Å². The van der Waals surface area contributed by atoms with Crippen molar-refractivity contribution >= 4 is 5.91 Å². The van der Waals surface area contributed by atoms with E-state index in [0.717, 1.165) is 77.1 Å². The molecule has 1 fully saturated rings. The molecule has 3 heterocycles. The van der Waals surface area contributed by atoms with Gasteiger partial charge in [0.25, 0.3) is 0 Å². The van der Waals surface area contributed by atoms with Gasteiger partial charge >= 0.3 is 0 Å². The lowest BCUT2D eigenvalue weighted by Crippen LogP contribution is -2.43. The molecule has 7 heteroatoms. The Morgan fingerprint density at radius 2 is 1.90 bits per heavy atom. The molecule has 156 valence electrons. The minimum atomic E-state index is -0.213. The first kappa shape index (κ1) is 20.0. The standard InChI is InChI=1S/C22H32N6O/c1-26-14-10-19(11-15-26)17-27(16-12-18-7-3-2-4-8-18)22(29)20-9-5-6-13-28-21(20)23-24-25-28/h2-4,7-8,19-20H,5-6,9-17H2,1H3. The van der Waals surface area contributed by atoms with Crippen molar-refractivity contribution in [3.8, 4) is 0 Å². The predicted octanol–water partition coefficient (Wildman–Crippen LogP) is 2.35. The highest BCUT2D eigenvalue weighted by atomic mass is 16.2. The zero-order valence-electron chi connectivity index (χ0n) is 17.4. The van der Waals surface area contributed by atoms with E-state index in [0.29, 0.717) is 5.92 Å². The second-order valence-corrected chi connectivity index (χ2v) is 8.58. The third-order valence-electron chi connectivity index (χ3n) is 6.42. The summed E-state index contributed by atoms with van der Waals surface area (Å²) in [5.74, 6) is 1.32. The minimum absolute atomic E-state index is 0.206. The number of benzene rings is 1. The number of rotatable bonds is 6. The first-order valence-electron chi connectivity index (χ1n) is 11.0. The lowest BCUT2D eigenvalue weighted by Gasteiger charge is -2.34. The minimum Gasteiger partial charge on any atom is -0.341 e. The first-order chi connectivity index (χ1) is 14.2. The maximum atomic E-state index is 13.7. The number of amides is 1. The van der Waals surface area contributed by atoms with Crippen molar-refractivity contribution < 1.29 is 4.79 Å². The van der Waals surface area contributed by atoms with Crippen molar-refractivity contribution in [1.82, 2.24) is 30.0 Å². The number of hydrogen-bond donors (Lipinski definition) is 0. The summed E-state index contributed by atoms with van der Waals surface area (Å²) in [6.07, 6.45) is 6.11. The van der Waals surface area contributed by atoms with Crippen molar-refractivity contribution in [2.24, 2.45) is 5.92 Å². The lowest BCUT2D eigenvalue weighted by atomic mass is 9.94. The van der Waals surface area contributed by atoms with Gasteiger partial charge < -0.3 is 9.80 Å². The SMILES string of the molecule is CN1CCC(CN(CCc2ccccc2)C(=O)C2CCCCn3nnnc32)CC1. The zero-order chi connectivity index (χ0) is 20.1. The number of carbonyl (C=O) groups is 1. The van der Waals surface area contributed by atoms with Crippen molar-refractivity contribution in [2.45, 2.75) is 51.0 Å². The summed E-state index contributed by atoms with van der Waals surface area (Å²) < 4.78 is 1.83. The average Bonchev–Trinajstić information content (AvgIpc) is 3.12. The van der Waals surface area contributed by atoms with Gasteiger partial charge in [0.05, 0.1) is 5.92 Å². The van der Waals surface area contributed by atoms with Crippen LogP contribution in [0.25, 0.3) is 0 Å². The molecule has 0 bridgehead atoms. The lowest BCUT2D eigenvalue weighted by molar-refractivity contribution is -0.134. The molecule has 0 radical (unpaired) electrons. The molecule has 1 atom stereocenters. The van der Waals surface area contributed by atoms with Crippen LogP contribution in [0.5, 0.6) is 0 Å². The van der Waals surface area contributed by atoms with Gasteiger partial charge in [0.2, 0.25) is 5.91 Å². The molecule has 2 aliphatic heterocycles. The van der Waals surface area contributed by atoms with Gasteiger partial charge in [-0.25, -0.2) is 4.68 Å². The van der Waals surface area contributed by atoms with Gasteiger partial charge in [0, 0.05) is 19.6 Å². The van der Waals surface area contributed by atoms with E-state index in [2.05, 4.69) is 56.6 Å². The van der Waals surface area contributed by atoms with Crippen molar-refractivity contribution in [3.05, 3.63) is 41.7 Å². The van der Waals surface area contributed by atoms with Crippen molar-refractivity contribution in [1.29, 1.82) is 0 Å². The van der Waals surface area contributed by atoms with Gasteiger partial charge in [0.1, 0.15) is 0 Å². The fourth-order valence-corrected chi connectivity index (χ4v) is 4.57. The molecule has 1 saturated heterocycles. The number of likely N-dealkylation sites (tertiary alicyclic amines) is 1. The summed E-state index contributed by atoms with van der Waals surface area (Å²) in [7, 11) is 2.18. The highest BCUT2D eigenvalue weighted by molar-refractivity contribution is 5.83. The topological polar surface area (TPSA) is 67.2 Å². The van der Waals surface area contributed by atoms with Crippen LogP contribution < -0.4 is 0 Å². The van der Waals surface area contributed by atoms with Gasteiger partial charge in [-0.2, -0.15) is 0 Å². The number of aromatic nitrogens is 4. The number of fused-ring (bicyclic) bond motifs is 1. The van der Waals surface area contributed by atoms with E-state index in [1.807, 2.05) is 10.7 Å². The Balaban J connectivity index is 1.49. The maximum Gasteiger partial charge on any atom is 0.233 e. The molecule has 4 rings (SSSR count). The summed E-state index contributed by atoms with van der Waals surface area (Å²) in [6.45, 7) is 4.65. The van der Waals surface area contributed by atoms with E-state index < -0.39 is 0 Å². The number of hydrogen-bond acceptors (Lipinski definition) is 5. The quantitative estimate of drug-likeness (QED) is 0.750. The van der Waals surface area contributed by atoms with E-state index in [1.54, 1.807) is 0 Å². The molecule has 1 aromatic heterocycles. The van der Waals surface area contributed by atoms with Crippen molar-refractivity contribution in [3.63, 3.8) is 0 Å². The van der Waals surface area contributed by atoms with E-state index in [9.17, 15) is 4.79 Å².